The minimum Gasteiger partial charge on any atom is -0.399 e. The zero-order chi connectivity index (χ0) is 50.0. The van der Waals surface area contributed by atoms with Gasteiger partial charge in [-0.15, -0.1) is 0 Å². The first kappa shape index (κ1) is 55.6. The monoisotopic (exact) mass is 1220 g/mol. The van der Waals surface area contributed by atoms with Crippen molar-refractivity contribution in [2.45, 2.75) is 133 Å². The Bertz CT molecular complexity index is 2570. The van der Waals surface area contributed by atoms with Crippen molar-refractivity contribution in [3.05, 3.63) is 170 Å². The van der Waals surface area contributed by atoms with E-state index in [2.05, 4.69) is 287 Å². The Morgan fingerprint density at radius 1 is 0.343 bits per heavy atom. The summed E-state index contributed by atoms with van der Waals surface area (Å²) in [7, 11) is -0.577. The van der Waals surface area contributed by atoms with E-state index in [-0.39, 0.29) is 36.6 Å². The van der Waals surface area contributed by atoms with Gasteiger partial charge >= 0.3 is 14.2 Å². The molecule has 2 aliphatic heterocycles. The van der Waals surface area contributed by atoms with Gasteiger partial charge in [0.2, 0.25) is 0 Å². The lowest BCUT2D eigenvalue weighted by Gasteiger charge is -2.32. The molecule has 11 heteroatoms. The summed E-state index contributed by atoms with van der Waals surface area (Å²) in [4.78, 5) is 0. The largest absolute Gasteiger partial charge is 0.495 e. The highest BCUT2D eigenvalue weighted by Gasteiger charge is 2.53. The Balaban J connectivity index is 0.000000176. The quantitative estimate of drug-likeness (QED) is 0.165. The third-order valence-electron chi connectivity index (χ3n) is 13.3. The van der Waals surface area contributed by atoms with Gasteiger partial charge in [0.05, 0.1) is 22.4 Å². The van der Waals surface area contributed by atoms with E-state index in [1.54, 1.807) is 0 Å². The van der Waals surface area contributed by atoms with Crippen molar-refractivity contribution in [1.82, 2.24) is 0 Å². The molecule has 0 radical (unpaired) electrons. The van der Waals surface area contributed by atoms with E-state index in [4.69, 9.17) is 18.6 Å². The van der Waals surface area contributed by atoms with E-state index in [0.29, 0.717) is 0 Å². The van der Waals surface area contributed by atoms with Crippen molar-refractivity contribution in [3.63, 3.8) is 0 Å². The molecule has 354 valence electrons. The third-order valence-corrected chi connectivity index (χ3v) is 16.4. The van der Waals surface area contributed by atoms with Crippen LogP contribution in [0.2, 0.25) is 0 Å². The molecule has 0 unspecified atom stereocenters. The summed E-state index contributed by atoms with van der Waals surface area (Å²) in [5, 5.41) is 0. The molecule has 0 bridgehead atoms. The average Bonchev–Trinajstić information content (AvgIpc) is 3.55. The van der Waals surface area contributed by atoms with Crippen LogP contribution in [0.5, 0.6) is 0 Å². The Morgan fingerprint density at radius 2 is 0.627 bits per heavy atom. The number of rotatable bonds is 4. The van der Waals surface area contributed by atoms with Gasteiger partial charge < -0.3 is 18.6 Å². The fourth-order valence-corrected chi connectivity index (χ4v) is 11.0. The fraction of sp³-hybridized carbons (Fsp3) is 0.357. The highest BCUT2D eigenvalue weighted by atomic mass is 79.9. The highest BCUT2D eigenvalue weighted by Crippen LogP contribution is 2.39. The molecule has 67 heavy (non-hydrogen) atoms. The van der Waals surface area contributed by atoms with Crippen molar-refractivity contribution >= 4 is 105 Å². The van der Waals surface area contributed by atoms with Gasteiger partial charge in [-0.1, -0.05) is 158 Å². The van der Waals surface area contributed by atoms with Crippen molar-refractivity contribution in [2.24, 2.45) is 0 Å². The highest BCUT2D eigenvalue weighted by molar-refractivity contribution is 9.11. The Kier molecular flexibility index (Phi) is 18.6. The average molecular weight is 1220 g/mol. The molecule has 4 nitrogen and oxygen atoms in total. The minimum absolute atomic E-state index is 0.249. The van der Waals surface area contributed by atoms with Crippen LogP contribution in [0.25, 0.3) is 22.3 Å². The maximum absolute atomic E-state index is 6.21. The SMILES string of the molecule is Cc1cc(B2OC(C)(C)C(C)(C)O2)cc(C)c1-c1cc(Br)cc(Br)c1.Cc1cccc(C)c1-c1cc(Br)cc(Br)c1.Cc1cccc(C)c1B1OC(C)(C)C(C)(C)O1.Cc1cccc(C)c1Br. The molecular weight excluding hydrogens is 1160 g/mol. The van der Waals surface area contributed by atoms with Gasteiger partial charge in [0.1, 0.15) is 0 Å². The molecule has 6 aromatic rings. The Hall–Kier alpha value is -2.31. The summed E-state index contributed by atoms with van der Waals surface area (Å²) < 4.78 is 30.1. The van der Waals surface area contributed by atoms with E-state index < -0.39 is 0 Å². The first-order chi connectivity index (χ1) is 31.0. The van der Waals surface area contributed by atoms with Gasteiger partial charge in [-0.25, -0.2) is 0 Å². The topological polar surface area (TPSA) is 36.9 Å². The molecule has 2 saturated heterocycles. The molecule has 6 aromatic carbocycles. The summed E-state index contributed by atoms with van der Waals surface area (Å²) in [6.45, 7) is 33.7. The van der Waals surface area contributed by atoms with Gasteiger partial charge in [-0.3, -0.25) is 0 Å². The Labute approximate surface area is 445 Å². The first-order valence-corrected chi connectivity index (χ1v) is 26.6. The van der Waals surface area contributed by atoms with Gasteiger partial charge in [0, 0.05) is 22.4 Å². The standard InChI is InChI=1S/C20H23BBr2O2.C14H21BO2.C14H12Br2.C8H9Br/c1-12-7-15(21-24-19(3,4)20(5,6)25-21)8-13(2)18(12)14-9-16(22)11-17(23)10-14;1-10-8-7-9-11(2)12(10)15-16-13(3,4)14(5,6)17-15;1-9-4-3-5-10(2)14(9)11-6-12(15)8-13(16)7-11;1-6-4-3-5-7(2)8(6)9/h7-11H,1-6H3;7-9H,1-6H3;3-8H,1-2H3;3-5H,1-2H3. The fourth-order valence-electron chi connectivity index (χ4n) is 8.19. The first-order valence-electron chi connectivity index (χ1n) is 22.6. The van der Waals surface area contributed by atoms with Crippen molar-refractivity contribution in [2.75, 3.05) is 0 Å². The molecule has 2 fully saturated rings. The summed E-state index contributed by atoms with van der Waals surface area (Å²) in [5.74, 6) is 0. The molecule has 0 aliphatic carbocycles. The van der Waals surface area contributed by atoms with E-state index >= 15 is 0 Å². The summed E-state index contributed by atoms with van der Waals surface area (Å²) >= 11 is 17.7. The van der Waals surface area contributed by atoms with Gasteiger partial charge in [-0.05, 0) is 214 Å². The molecule has 0 aromatic heterocycles. The summed E-state index contributed by atoms with van der Waals surface area (Å²) in [5.41, 5.74) is 16.2. The second kappa shape index (κ2) is 22.4. The van der Waals surface area contributed by atoms with Crippen molar-refractivity contribution in [3.8, 4) is 22.3 Å². The van der Waals surface area contributed by atoms with Crippen LogP contribution in [0, 0.1) is 55.4 Å². The van der Waals surface area contributed by atoms with Crippen LogP contribution >= 0.6 is 79.6 Å². The number of hydrogen-bond acceptors (Lipinski definition) is 4. The van der Waals surface area contributed by atoms with Crippen LogP contribution in [-0.4, -0.2) is 36.6 Å². The normalized spacial score (nSPS) is 16.3. The van der Waals surface area contributed by atoms with Gasteiger partial charge in [0.25, 0.3) is 0 Å². The molecular formula is C56H65B2Br5O4. The number of hydrogen-bond donors (Lipinski definition) is 0. The van der Waals surface area contributed by atoms with Gasteiger partial charge in [0.15, 0.2) is 0 Å². The van der Waals surface area contributed by atoms with Crippen LogP contribution in [0.3, 0.4) is 0 Å². The van der Waals surface area contributed by atoms with Crippen molar-refractivity contribution in [1.29, 1.82) is 0 Å². The lowest BCUT2D eigenvalue weighted by molar-refractivity contribution is 0.00578. The molecule has 0 amide bonds. The molecule has 0 atom stereocenters. The summed E-state index contributed by atoms with van der Waals surface area (Å²) in [6.07, 6.45) is 0. The van der Waals surface area contributed by atoms with E-state index in [1.807, 2.05) is 6.07 Å². The van der Waals surface area contributed by atoms with Crippen molar-refractivity contribution < 1.29 is 18.6 Å². The van der Waals surface area contributed by atoms with Gasteiger partial charge in [-0.2, -0.15) is 0 Å². The lowest BCUT2D eigenvalue weighted by Crippen LogP contribution is -2.41. The number of benzene rings is 6. The smallest absolute Gasteiger partial charge is 0.399 e. The van der Waals surface area contributed by atoms with E-state index in [0.717, 1.165) is 23.4 Å². The second-order valence-electron chi connectivity index (χ2n) is 19.8. The molecule has 0 spiro atoms. The predicted molar refractivity (Wildman–Crippen MR) is 304 cm³/mol. The minimum atomic E-state index is -0.328. The van der Waals surface area contributed by atoms with Crippen LogP contribution in [0.15, 0.2) is 125 Å². The van der Waals surface area contributed by atoms with Crippen LogP contribution in [0.4, 0.5) is 0 Å². The third kappa shape index (κ3) is 13.6. The second-order valence-corrected chi connectivity index (χ2v) is 24.3. The molecule has 0 saturated carbocycles. The molecule has 8 rings (SSSR count). The number of halogens is 5. The molecule has 2 heterocycles. The lowest BCUT2D eigenvalue weighted by atomic mass is 9.73. The summed E-state index contributed by atoms with van der Waals surface area (Å²) in [6, 6.07) is 36.0. The zero-order valence-corrected chi connectivity index (χ0v) is 49.9. The van der Waals surface area contributed by atoms with Crippen LogP contribution in [0.1, 0.15) is 99.9 Å². The number of aryl methyl sites for hydroxylation is 8. The van der Waals surface area contributed by atoms with E-state index in [1.165, 1.54) is 76.7 Å². The maximum atomic E-state index is 6.21. The maximum Gasteiger partial charge on any atom is 0.495 e. The predicted octanol–water partition coefficient (Wildman–Crippen LogP) is 17.0. The Morgan fingerprint density at radius 3 is 0.955 bits per heavy atom. The zero-order valence-electron chi connectivity index (χ0n) is 42.0. The molecule has 0 N–H and O–H groups in total. The van der Waals surface area contributed by atoms with Crippen LogP contribution < -0.4 is 10.9 Å². The molecule has 2 aliphatic rings. The van der Waals surface area contributed by atoms with Crippen LogP contribution in [-0.2, 0) is 18.6 Å². The van der Waals surface area contributed by atoms with E-state index in [9.17, 15) is 0 Å².